The van der Waals surface area contributed by atoms with Gasteiger partial charge in [-0.25, -0.2) is 4.79 Å². The summed E-state index contributed by atoms with van der Waals surface area (Å²) in [6, 6.07) is 0.261. The zero-order valence-corrected chi connectivity index (χ0v) is 9.63. The van der Waals surface area contributed by atoms with Crippen LogP contribution >= 0.6 is 0 Å². The monoisotopic (exact) mass is 224 g/mol. The maximum atomic E-state index is 11.5. The Balaban J connectivity index is 1.81. The van der Waals surface area contributed by atoms with E-state index in [1.165, 1.54) is 6.42 Å². The van der Waals surface area contributed by atoms with Crippen molar-refractivity contribution < 1.29 is 9.53 Å². The third-order valence-electron chi connectivity index (χ3n) is 3.87. The van der Waals surface area contributed by atoms with Crippen LogP contribution in [0.1, 0.15) is 25.7 Å². The minimum Gasteiger partial charge on any atom is -0.381 e. The van der Waals surface area contributed by atoms with Crippen molar-refractivity contribution in [2.75, 3.05) is 19.8 Å². The van der Waals surface area contributed by atoms with Crippen molar-refractivity contribution in [2.45, 2.75) is 31.7 Å². The Hall–Kier alpha value is -1.03. The lowest BCUT2D eigenvalue weighted by Crippen LogP contribution is -2.58. The van der Waals surface area contributed by atoms with Gasteiger partial charge in [0.2, 0.25) is 0 Å². The van der Waals surface area contributed by atoms with Crippen molar-refractivity contribution in [1.29, 1.82) is 0 Å². The van der Waals surface area contributed by atoms with Gasteiger partial charge >= 0.3 is 6.03 Å². The molecule has 1 saturated carbocycles. The Kier molecular flexibility index (Phi) is 3.49. The second kappa shape index (κ2) is 4.87. The highest BCUT2D eigenvalue weighted by Gasteiger charge is 2.47. The SMILES string of the molecule is C=CCNC(=O)NC1CCC12CCOCC2. The number of urea groups is 1. The molecule has 1 aliphatic heterocycles. The molecule has 0 aromatic carbocycles. The molecular weight excluding hydrogens is 204 g/mol. The first-order chi connectivity index (χ1) is 7.77. The second-order valence-electron chi connectivity index (χ2n) is 4.71. The standard InChI is InChI=1S/C12H20N2O2/c1-2-7-13-11(15)14-10-3-4-12(10)5-8-16-9-6-12/h2,10H,1,3-9H2,(H2,13,14,15). The van der Waals surface area contributed by atoms with Gasteiger partial charge < -0.3 is 15.4 Å². The smallest absolute Gasteiger partial charge is 0.315 e. The van der Waals surface area contributed by atoms with Crippen molar-refractivity contribution in [3.63, 3.8) is 0 Å². The highest BCUT2D eigenvalue weighted by atomic mass is 16.5. The second-order valence-corrected chi connectivity index (χ2v) is 4.71. The fraction of sp³-hybridized carbons (Fsp3) is 0.750. The van der Waals surface area contributed by atoms with E-state index in [4.69, 9.17) is 4.74 Å². The molecule has 1 unspecified atom stereocenters. The predicted molar refractivity (Wildman–Crippen MR) is 62.2 cm³/mol. The summed E-state index contributed by atoms with van der Waals surface area (Å²) >= 11 is 0. The van der Waals surface area contributed by atoms with E-state index in [0.29, 0.717) is 18.0 Å². The fourth-order valence-corrected chi connectivity index (χ4v) is 2.67. The van der Waals surface area contributed by atoms with Crippen molar-refractivity contribution in [3.8, 4) is 0 Å². The number of carbonyl (C=O) groups is 1. The van der Waals surface area contributed by atoms with Gasteiger partial charge in [-0.15, -0.1) is 6.58 Å². The molecule has 4 heteroatoms. The molecule has 2 amide bonds. The number of hydrogen-bond donors (Lipinski definition) is 2. The molecule has 0 bridgehead atoms. The average molecular weight is 224 g/mol. The van der Waals surface area contributed by atoms with Crippen molar-refractivity contribution in [1.82, 2.24) is 10.6 Å². The molecule has 1 aliphatic carbocycles. The summed E-state index contributed by atoms with van der Waals surface area (Å²) < 4.78 is 5.38. The maximum absolute atomic E-state index is 11.5. The molecular formula is C12H20N2O2. The lowest BCUT2D eigenvalue weighted by atomic mass is 9.60. The highest BCUT2D eigenvalue weighted by Crippen LogP contribution is 2.48. The van der Waals surface area contributed by atoms with Crippen LogP contribution in [-0.2, 0) is 4.74 Å². The third kappa shape index (κ3) is 2.21. The van der Waals surface area contributed by atoms with Crippen LogP contribution in [0.5, 0.6) is 0 Å². The van der Waals surface area contributed by atoms with E-state index in [-0.39, 0.29) is 6.03 Å². The molecule has 1 saturated heterocycles. The minimum absolute atomic E-state index is 0.0736. The number of ether oxygens (including phenoxy) is 1. The Morgan fingerprint density at radius 3 is 2.75 bits per heavy atom. The topological polar surface area (TPSA) is 50.4 Å². The van der Waals surface area contributed by atoms with Gasteiger partial charge in [-0.2, -0.15) is 0 Å². The van der Waals surface area contributed by atoms with Crippen molar-refractivity contribution >= 4 is 6.03 Å². The van der Waals surface area contributed by atoms with Gasteiger partial charge in [0, 0.05) is 25.8 Å². The highest BCUT2D eigenvalue weighted by molar-refractivity contribution is 5.74. The molecule has 0 aromatic heterocycles. The molecule has 1 atom stereocenters. The van der Waals surface area contributed by atoms with Crippen LogP contribution < -0.4 is 10.6 Å². The molecule has 90 valence electrons. The van der Waals surface area contributed by atoms with E-state index in [1.807, 2.05) is 0 Å². The lowest BCUT2D eigenvalue weighted by Gasteiger charge is -2.51. The first-order valence-electron chi connectivity index (χ1n) is 6.00. The Morgan fingerprint density at radius 2 is 2.19 bits per heavy atom. The van der Waals surface area contributed by atoms with Gasteiger partial charge in [0.1, 0.15) is 0 Å². The Morgan fingerprint density at radius 1 is 1.44 bits per heavy atom. The quantitative estimate of drug-likeness (QED) is 0.712. The summed E-state index contributed by atoms with van der Waals surface area (Å²) in [4.78, 5) is 11.5. The predicted octanol–water partition coefficient (Wildman–Crippen LogP) is 1.43. The van der Waals surface area contributed by atoms with Gasteiger partial charge in [0.25, 0.3) is 0 Å². The van der Waals surface area contributed by atoms with Crippen LogP contribution in [0.3, 0.4) is 0 Å². The lowest BCUT2D eigenvalue weighted by molar-refractivity contribution is -0.0511. The zero-order valence-electron chi connectivity index (χ0n) is 9.63. The number of rotatable bonds is 3. The van der Waals surface area contributed by atoms with E-state index >= 15 is 0 Å². The van der Waals surface area contributed by atoms with Gasteiger partial charge in [-0.3, -0.25) is 0 Å². The van der Waals surface area contributed by atoms with E-state index in [0.717, 1.165) is 32.5 Å². The zero-order chi connectivity index (χ0) is 11.4. The molecule has 2 rings (SSSR count). The summed E-state index contributed by atoms with van der Waals surface area (Å²) in [5.74, 6) is 0. The van der Waals surface area contributed by atoms with Gasteiger partial charge in [-0.1, -0.05) is 6.08 Å². The fourth-order valence-electron chi connectivity index (χ4n) is 2.67. The van der Waals surface area contributed by atoms with Crippen molar-refractivity contribution in [2.24, 2.45) is 5.41 Å². The van der Waals surface area contributed by atoms with E-state index in [1.54, 1.807) is 6.08 Å². The first-order valence-corrected chi connectivity index (χ1v) is 6.00. The summed E-state index contributed by atoms with van der Waals surface area (Å²) in [5, 5.41) is 5.81. The normalized spacial score (nSPS) is 26.9. The number of amides is 2. The van der Waals surface area contributed by atoms with Crippen LogP contribution in [0.2, 0.25) is 0 Å². The average Bonchev–Trinajstić information content (AvgIpc) is 2.33. The molecule has 2 fully saturated rings. The maximum Gasteiger partial charge on any atom is 0.315 e. The van der Waals surface area contributed by atoms with E-state index < -0.39 is 0 Å². The van der Waals surface area contributed by atoms with E-state index in [9.17, 15) is 4.79 Å². The summed E-state index contributed by atoms with van der Waals surface area (Å²) in [6.45, 7) is 5.77. The number of nitrogens with one attached hydrogen (secondary N) is 2. The molecule has 0 radical (unpaired) electrons. The van der Waals surface area contributed by atoms with Crippen molar-refractivity contribution in [3.05, 3.63) is 12.7 Å². The molecule has 2 aliphatic rings. The molecule has 0 aromatic rings. The summed E-state index contributed by atoms with van der Waals surface area (Å²) in [5.41, 5.74) is 0.323. The first kappa shape index (κ1) is 11.5. The van der Waals surface area contributed by atoms with Crippen LogP contribution in [0.4, 0.5) is 4.79 Å². The molecule has 2 N–H and O–H groups in total. The van der Waals surface area contributed by atoms with Gasteiger partial charge in [0.05, 0.1) is 0 Å². The largest absolute Gasteiger partial charge is 0.381 e. The minimum atomic E-state index is -0.0736. The van der Waals surface area contributed by atoms with E-state index in [2.05, 4.69) is 17.2 Å². The Labute approximate surface area is 96.4 Å². The Bertz CT molecular complexity index is 272. The summed E-state index contributed by atoms with van der Waals surface area (Å²) in [6.07, 6.45) is 6.17. The van der Waals surface area contributed by atoms with Gasteiger partial charge in [-0.05, 0) is 31.1 Å². The molecule has 4 nitrogen and oxygen atoms in total. The summed E-state index contributed by atoms with van der Waals surface area (Å²) in [7, 11) is 0. The third-order valence-corrected chi connectivity index (χ3v) is 3.87. The molecule has 1 heterocycles. The number of hydrogen-bond acceptors (Lipinski definition) is 2. The van der Waals surface area contributed by atoms with Gasteiger partial charge in [0.15, 0.2) is 0 Å². The van der Waals surface area contributed by atoms with Crippen LogP contribution in [-0.4, -0.2) is 31.8 Å². The molecule has 1 spiro atoms. The van der Waals surface area contributed by atoms with Crippen LogP contribution in [0, 0.1) is 5.41 Å². The number of carbonyl (C=O) groups excluding carboxylic acids is 1. The molecule has 16 heavy (non-hydrogen) atoms. The van der Waals surface area contributed by atoms with Crippen LogP contribution in [0.15, 0.2) is 12.7 Å². The van der Waals surface area contributed by atoms with Crippen LogP contribution in [0.25, 0.3) is 0 Å².